The third kappa shape index (κ3) is 3.51. The minimum atomic E-state index is -0.939. The number of ether oxygens (including phenoxy) is 1. The van der Waals surface area contributed by atoms with Gasteiger partial charge in [0, 0.05) is 0 Å². The summed E-state index contributed by atoms with van der Waals surface area (Å²) in [4.78, 5) is 7.78. The first-order valence-corrected chi connectivity index (χ1v) is 6.70. The number of aromatic nitrogens is 2. The lowest BCUT2D eigenvalue weighted by atomic mass is 10.2. The van der Waals surface area contributed by atoms with E-state index in [0.717, 1.165) is 31.2 Å². The van der Waals surface area contributed by atoms with Crippen LogP contribution in [0.4, 0.5) is 13.2 Å². The summed E-state index contributed by atoms with van der Waals surface area (Å²) in [6, 6.07) is 3.52. The summed E-state index contributed by atoms with van der Waals surface area (Å²) >= 11 is 0. The molecule has 2 aromatic rings. The highest BCUT2D eigenvalue weighted by Crippen LogP contribution is 2.32. The summed E-state index contributed by atoms with van der Waals surface area (Å²) in [6.45, 7) is -0.00823. The molecule has 0 radical (unpaired) electrons. The summed E-state index contributed by atoms with van der Waals surface area (Å²) in [6.07, 6.45) is 3.84. The quantitative estimate of drug-likeness (QED) is 0.847. The summed E-state index contributed by atoms with van der Waals surface area (Å²) in [5, 5.41) is 0. The molecule has 0 unspecified atom stereocenters. The maximum absolute atomic E-state index is 13.5. The zero-order valence-corrected chi connectivity index (χ0v) is 11.2. The first kappa shape index (κ1) is 13.9. The van der Waals surface area contributed by atoms with Crippen LogP contribution < -0.4 is 4.74 Å². The number of hydrogen-bond donors (Lipinski definition) is 0. The van der Waals surface area contributed by atoms with E-state index in [4.69, 9.17) is 4.74 Å². The number of rotatable bonds is 5. The van der Waals surface area contributed by atoms with Crippen molar-refractivity contribution in [2.75, 3.05) is 0 Å². The Morgan fingerprint density at radius 3 is 2.62 bits per heavy atom. The Kier molecular flexibility index (Phi) is 3.77. The molecule has 21 heavy (non-hydrogen) atoms. The first-order valence-electron chi connectivity index (χ1n) is 6.70. The maximum Gasteiger partial charge on any atom is 0.317 e. The molecule has 1 aromatic heterocycles. The average molecular weight is 294 g/mol. The molecule has 0 spiro atoms. The van der Waals surface area contributed by atoms with Crippen LogP contribution in [0.3, 0.4) is 0 Å². The normalized spacial score (nSPS) is 14.2. The third-order valence-corrected chi connectivity index (χ3v) is 3.33. The minimum Gasteiger partial charge on any atom is -0.459 e. The second-order valence-corrected chi connectivity index (χ2v) is 5.13. The number of nitrogens with zero attached hydrogens (tertiary/aromatic N) is 2. The maximum atomic E-state index is 13.5. The van der Waals surface area contributed by atoms with Crippen LogP contribution in [0.5, 0.6) is 6.01 Å². The van der Waals surface area contributed by atoms with E-state index in [-0.39, 0.29) is 12.6 Å². The Hall–Kier alpha value is -2.11. The van der Waals surface area contributed by atoms with E-state index < -0.39 is 17.5 Å². The van der Waals surface area contributed by atoms with Gasteiger partial charge in [0.1, 0.15) is 6.61 Å². The number of benzene rings is 1. The van der Waals surface area contributed by atoms with E-state index in [1.165, 1.54) is 6.07 Å². The molecule has 0 bridgehead atoms. The third-order valence-electron chi connectivity index (χ3n) is 3.33. The van der Waals surface area contributed by atoms with Gasteiger partial charge in [-0.1, -0.05) is 6.07 Å². The molecular formula is C15H13F3N2O. The largest absolute Gasteiger partial charge is 0.459 e. The van der Waals surface area contributed by atoms with Gasteiger partial charge in [0.25, 0.3) is 0 Å². The fraction of sp³-hybridized carbons (Fsp3) is 0.333. The molecule has 0 aliphatic heterocycles. The molecule has 0 saturated heterocycles. The molecule has 1 heterocycles. The molecule has 0 atom stereocenters. The van der Waals surface area contributed by atoms with E-state index in [9.17, 15) is 13.2 Å². The lowest BCUT2D eigenvalue weighted by Gasteiger charge is -2.07. The van der Waals surface area contributed by atoms with Gasteiger partial charge in [0.2, 0.25) is 0 Å². The Labute approximate surface area is 119 Å². The molecule has 6 heteroatoms. The van der Waals surface area contributed by atoms with Crippen LogP contribution in [-0.2, 0) is 13.0 Å². The van der Waals surface area contributed by atoms with E-state index >= 15 is 0 Å². The van der Waals surface area contributed by atoms with Gasteiger partial charge in [0.05, 0.1) is 11.9 Å². The predicted octanol–water partition coefficient (Wildman–Crippen LogP) is 3.43. The molecule has 1 fully saturated rings. The molecule has 3 rings (SSSR count). The van der Waals surface area contributed by atoms with Crippen molar-refractivity contribution >= 4 is 0 Å². The van der Waals surface area contributed by atoms with E-state index in [1.807, 2.05) is 0 Å². The van der Waals surface area contributed by atoms with Crippen molar-refractivity contribution in [1.82, 2.24) is 9.97 Å². The van der Waals surface area contributed by atoms with Crippen molar-refractivity contribution in [3.8, 4) is 6.01 Å². The summed E-state index contributed by atoms with van der Waals surface area (Å²) < 4.78 is 44.7. The SMILES string of the molecule is Fc1ccc(COc2ncc(F)c(CC3CC3)n2)cc1F. The molecule has 1 saturated carbocycles. The Balaban J connectivity index is 1.67. The summed E-state index contributed by atoms with van der Waals surface area (Å²) in [5.74, 6) is -1.80. The topological polar surface area (TPSA) is 35.0 Å². The Morgan fingerprint density at radius 2 is 1.90 bits per heavy atom. The van der Waals surface area contributed by atoms with Crippen molar-refractivity contribution < 1.29 is 17.9 Å². The zero-order chi connectivity index (χ0) is 14.8. The highest BCUT2D eigenvalue weighted by molar-refractivity contribution is 5.18. The number of hydrogen-bond acceptors (Lipinski definition) is 3. The smallest absolute Gasteiger partial charge is 0.317 e. The predicted molar refractivity (Wildman–Crippen MR) is 69.1 cm³/mol. The van der Waals surface area contributed by atoms with Crippen LogP contribution in [0.15, 0.2) is 24.4 Å². The lowest BCUT2D eigenvalue weighted by Crippen LogP contribution is -2.05. The van der Waals surface area contributed by atoms with Crippen molar-refractivity contribution in [1.29, 1.82) is 0 Å². The average Bonchev–Trinajstić information content (AvgIpc) is 3.27. The highest BCUT2D eigenvalue weighted by atomic mass is 19.2. The van der Waals surface area contributed by atoms with Crippen LogP contribution >= 0.6 is 0 Å². The summed E-state index contributed by atoms with van der Waals surface area (Å²) in [5.41, 5.74) is 0.790. The molecular weight excluding hydrogens is 281 g/mol. The second kappa shape index (κ2) is 5.71. The highest BCUT2D eigenvalue weighted by Gasteiger charge is 2.24. The van der Waals surface area contributed by atoms with Gasteiger partial charge < -0.3 is 4.74 Å². The van der Waals surface area contributed by atoms with Crippen LogP contribution in [-0.4, -0.2) is 9.97 Å². The van der Waals surface area contributed by atoms with E-state index in [2.05, 4.69) is 9.97 Å². The van der Waals surface area contributed by atoms with Gasteiger partial charge in [-0.15, -0.1) is 0 Å². The molecule has 0 N–H and O–H groups in total. The second-order valence-electron chi connectivity index (χ2n) is 5.13. The van der Waals surface area contributed by atoms with Crippen molar-refractivity contribution in [2.24, 2.45) is 5.92 Å². The minimum absolute atomic E-state index is 0.00823. The molecule has 110 valence electrons. The fourth-order valence-corrected chi connectivity index (χ4v) is 1.97. The van der Waals surface area contributed by atoms with Gasteiger partial charge >= 0.3 is 6.01 Å². The van der Waals surface area contributed by atoms with Gasteiger partial charge in [-0.2, -0.15) is 4.98 Å². The van der Waals surface area contributed by atoms with Gasteiger partial charge in [-0.3, -0.25) is 0 Å². The zero-order valence-electron chi connectivity index (χ0n) is 11.2. The molecule has 1 aliphatic carbocycles. The van der Waals surface area contributed by atoms with Crippen molar-refractivity contribution in [2.45, 2.75) is 25.9 Å². The molecule has 0 amide bonds. The van der Waals surface area contributed by atoms with Crippen LogP contribution in [0.2, 0.25) is 0 Å². The Morgan fingerprint density at radius 1 is 1.10 bits per heavy atom. The van der Waals surface area contributed by atoms with Crippen molar-refractivity contribution in [3.05, 3.63) is 53.1 Å². The number of halogens is 3. The summed E-state index contributed by atoms with van der Waals surface area (Å²) in [7, 11) is 0. The fourth-order valence-electron chi connectivity index (χ4n) is 1.97. The Bertz CT molecular complexity index is 659. The monoisotopic (exact) mass is 294 g/mol. The van der Waals surface area contributed by atoms with Gasteiger partial charge in [0.15, 0.2) is 17.5 Å². The molecule has 3 nitrogen and oxygen atoms in total. The van der Waals surface area contributed by atoms with Crippen LogP contribution in [0.25, 0.3) is 0 Å². The lowest BCUT2D eigenvalue weighted by molar-refractivity contribution is 0.276. The molecule has 1 aromatic carbocycles. The standard InChI is InChI=1S/C15H13F3N2O/c16-11-4-3-10(5-12(11)17)8-21-15-19-7-13(18)14(20-15)6-9-1-2-9/h3-5,7,9H,1-2,6,8H2. The van der Waals surface area contributed by atoms with Crippen LogP contribution in [0, 0.1) is 23.4 Å². The van der Waals surface area contributed by atoms with E-state index in [1.54, 1.807) is 0 Å². The van der Waals surface area contributed by atoms with Gasteiger partial charge in [-0.05, 0) is 42.9 Å². The first-order chi connectivity index (χ1) is 10.1. The van der Waals surface area contributed by atoms with E-state index in [0.29, 0.717) is 23.6 Å². The van der Waals surface area contributed by atoms with Gasteiger partial charge in [-0.25, -0.2) is 18.2 Å². The van der Waals surface area contributed by atoms with Crippen LogP contribution in [0.1, 0.15) is 24.1 Å². The van der Waals surface area contributed by atoms with Crippen molar-refractivity contribution in [3.63, 3.8) is 0 Å². The molecule has 1 aliphatic rings.